The molecule has 0 saturated carbocycles. The highest BCUT2D eigenvalue weighted by atomic mass is 16.5. The first-order chi connectivity index (χ1) is 8.79. The molecule has 1 saturated heterocycles. The van der Waals surface area contributed by atoms with Crippen molar-refractivity contribution in [1.82, 2.24) is 4.90 Å². The van der Waals surface area contributed by atoms with Gasteiger partial charge >= 0.3 is 0 Å². The first-order valence-electron chi connectivity index (χ1n) is 6.63. The third kappa shape index (κ3) is 8.23. The van der Waals surface area contributed by atoms with Crippen LogP contribution in [-0.2, 0) is 4.74 Å². The van der Waals surface area contributed by atoms with Crippen molar-refractivity contribution >= 4 is 0 Å². The zero-order valence-electron chi connectivity index (χ0n) is 11.7. The Kier molecular flexibility index (Phi) is 11.9. The van der Waals surface area contributed by atoms with Gasteiger partial charge in [0.1, 0.15) is 0 Å². The van der Waals surface area contributed by atoms with Crippen LogP contribution >= 0.6 is 0 Å². The maximum atomic E-state index is 5.47. The van der Waals surface area contributed by atoms with Gasteiger partial charge in [-0.05, 0) is 38.9 Å². The van der Waals surface area contributed by atoms with Crippen molar-refractivity contribution in [2.45, 2.75) is 25.3 Å². The van der Waals surface area contributed by atoms with Gasteiger partial charge in [0.15, 0.2) is 0 Å². The van der Waals surface area contributed by atoms with Crippen LogP contribution in [0.5, 0.6) is 0 Å². The van der Waals surface area contributed by atoms with Crippen LogP contribution in [0.2, 0.25) is 0 Å². The summed E-state index contributed by atoms with van der Waals surface area (Å²) in [6, 6.07) is 0.654. The van der Waals surface area contributed by atoms with E-state index < -0.39 is 0 Å². The highest BCUT2D eigenvalue weighted by Gasteiger charge is 2.23. The molecule has 0 aliphatic carbocycles. The van der Waals surface area contributed by atoms with E-state index in [9.17, 15) is 0 Å². The summed E-state index contributed by atoms with van der Waals surface area (Å²) in [5, 5.41) is 0. The maximum Gasteiger partial charge on any atom is 0.0618 e. The number of allylic oxidation sites excluding steroid dienone is 4. The van der Waals surface area contributed by atoms with Crippen LogP contribution in [0, 0.1) is 0 Å². The molecule has 1 aliphatic rings. The summed E-state index contributed by atoms with van der Waals surface area (Å²) in [6.07, 6.45) is 10.8. The zero-order valence-corrected chi connectivity index (χ0v) is 11.7. The van der Waals surface area contributed by atoms with Crippen LogP contribution in [0.4, 0.5) is 0 Å². The minimum absolute atomic E-state index is 0.654. The molecule has 0 radical (unpaired) electrons. The Morgan fingerprint density at radius 1 is 1.33 bits per heavy atom. The van der Waals surface area contributed by atoms with E-state index in [-0.39, 0.29) is 0 Å². The number of hydrogen-bond acceptors (Lipinski definition) is 3. The Labute approximate surface area is 112 Å². The highest BCUT2D eigenvalue weighted by Crippen LogP contribution is 2.16. The lowest BCUT2D eigenvalue weighted by Gasteiger charge is -2.23. The van der Waals surface area contributed by atoms with Gasteiger partial charge < -0.3 is 10.5 Å². The lowest BCUT2D eigenvalue weighted by atomic mass is 10.2. The topological polar surface area (TPSA) is 38.5 Å². The molecule has 0 spiro atoms. The fraction of sp³-hybridized carbons (Fsp3) is 0.600. The summed E-state index contributed by atoms with van der Waals surface area (Å²) in [5.74, 6) is 0. The molecule has 3 heteroatoms. The monoisotopic (exact) mass is 252 g/mol. The first kappa shape index (κ1) is 17.1. The number of rotatable bonds is 7. The molecule has 104 valence electrons. The van der Waals surface area contributed by atoms with Gasteiger partial charge in [-0.25, -0.2) is 0 Å². The van der Waals surface area contributed by atoms with E-state index in [1.807, 2.05) is 12.2 Å². The second-order valence-corrected chi connectivity index (χ2v) is 4.29. The van der Waals surface area contributed by atoms with Gasteiger partial charge in [-0.2, -0.15) is 0 Å². The van der Waals surface area contributed by atoms with Crippen LogP contribution in [0.1, 0.15) is 19.3 Å². The Morgan fingerprint density at radius 2 is 2.00 bits per heavy atom. The normalized spacial score (nSPS) is 19.6. The minimum atomic E-state index is 0.654. The van der Waals surface area contributed by atoms with E-state index in [0.29, 0.717) is 6.04 Å². The van der Waals surface area contributed by atoms with Gasteiger partial charge in [0.05, 0.1) is 6.61 Å². The summed E-state index contributed by atoms with van der Waals surface area (Å²) < 4.78 is 5.16. The standard InChI is InChI=1S/C9H20N2O.C6H8/c1-12-8-9-4-2-6-11(9)7-3-5-10;1-3-5-6-4-2/h9H,2-8,10H2,1H3;3-6H,1-2H2/b;6-5-/t9-;/m0./s1. The van der Waals surface area contributed by atoms with Crippen LogP contribution < -0.4 is 5.73 Å². The summed E-state index contributed by atoms with van der Waals surface area (Å²) in [5.41, 5.74) is 5.47. The predicted octanol–water partition coefficient (Wildman–Crippen LogP) is 2.36. The van der Waals surface area contributed by atoms with E-state index >= 15 is 0 Å². The molecule has 3 nitrogen and oxygen atoms in total. The third-order valence-corrected chi connectivity index (χ3v) is 2.89. The number of hydrogen-bond donors (Lipinski definition) is 1. The number of methoxy groups -OCH3 is 1. The molecule has 0 unspecified atom stereocenters. The molecule has 0 aromatic heterocycles. The first-order valence-corrected chi connectivity index (χ1v) is 6.63. The van der Waals surface area contributed by atoms with E-state index in [1.54, 1.807) is 19.3 Å². The van der Waals surface area contributed by atoms with Gasteiger partial charge in [0, 0.05) is 13.2 Å². The lowest BCUT2D eigenvalue weighted by Crippen LogP contribution is -2.34. The van der Waals surface area contributed by atoms with Crippen molar-refractivity contribution in [1.29, 1.82) is 0 Å². The fourth-order valence-corrected chi connectivity index (χ4v) is 2.02. The Bertz CT molecular complexity index is 229. The smallest absolute Gasteiger partial charge is 0.0618 e. The van der Waals surface area contributed by atoms with E-state index in [0.717, 1.165) is 26.1 Å². The lowest BCUT2D eigenvalue weighted by molar-refractivity contribution is 0.115. The summed E-state index contributed by atoms with van der Waals surface area (Å²) in [7, 11) is 1.78. The van der Waals surface area contributed by atoms with Crippen molar-refractivity contribution in [3.63, 3.8) is 0 Å². The molecule has 18 heavy (non-hydrogen) atoms. The molecule has 1 heterocycles. The Balaban J connectivity index is 0.000000411. The van der Waals surface area contributed by atoms with Crippen LogP contribution in [-0.4, -0.2) is 44.3 Å². The molecule has 1 fully saturated rings. The molecular weight excluding hydrogens is 224 g/mol. The van der Waals surface area contributed by atoms with Gasteiger partial charge in [0.25, 0.3) is 0 Å². The quantitative estimate of drug-likeness (QED) is 0.707. The van der Waals surface area contributed by atoms with Crippen molar-refractivity contribution in [3.05, 3.63) is 37.5 Å². The molecule has 0 aromatic rings. The van der Waals surface area contributed by atoms with E-state index in [2.05, 4.69) is 18.1 Å². The molecule has 2 N–H and O–H groups in total. The van der Waals surface area contributed by atoms with Gasteiger partial charge in [-0.3, -0.25) is 4.90 Å². The average molecular weight is 252 g/mol. The zero-order chi connectivity index (χ0) is 13.6. The Morgan fingerprint density at radius 3 is 2.50 bits per heavy atom. The van der Waals surface area contributed by atoms with Crippen molar-refractivity contribution < 1.29 is 4.74 Å². The summed E-state index contributed by atoms with van der Waals surface area (Å²) in [6.45, 7) is 11.0. The van der Waals surface area contributed by atoms with Gasteiger partial charge in [-0.15, -0.1) is 0 Å². The molecule has 0 amide bonds. The fourth-order valence-electron chi connectivity index (χ4n) is 2.02. The second kappa shape index (κ2) is 12.6. The summed E-state index contributed by atoms with van der Waals surface area (Å²) in [4.78, 5) is 2.50. The van der Waals surface area contributed by atoms with Crippen LogP contribution in [0.3, 0.4) is 0 Å². The Hall–Kier alpha value is -0.900. The molecule has 0 bridgehead atoms. The van der Waals surface area contributed by atoms with E-state index in [4.69, 9.17) is 10.5 Å². The van der Waals surface area contributed by atoms with Gasteiger partial charge in [0.2, 0.25) is 0 Å². The minimum Gasteiger partial charge on any atom is -0.383 e. The van der Waals surface area contributed by atoms with Crippen LogP contribution in [0.15, 0.2) is 37.5 Å². The van der Waals surface area contributed by atoms with E-state index in [1.165, 1.54) is 19.4 Å². The number of likely N-dealkylation sites (tertiary alicyclic amines) is 1. The molecule has 1 atom stereocenters. The van der Waals surface area contributed by atoms with Crippen molar-refractivity contribution in [2.24, 2.45) is 5.73 Å². The number of nitrogens with zero attached hydrogens (tertiary/aromatic N) is 1. The second-order valence-electron chi connectivity index (χ2n) is 4.29. The number of ether oxygens (including phenoxy) is 1. The average Bonchev–Trinajstić information content (AvgIpc) is 2.82. The van der Waals surface area contributed by atoms with Gasteiger partial charge in [-0.1, -0.05) is 37.5 Å². The highest BCUT2D eigenvalue weighted by molar-refractivity contribution is 5.05. The maximum absolute atomic E-state index is 5.47. The molecule has 1 aliphatic heterocycles. The third-order valence-electron chi connectivity index (χ3n) is 2.89. The SMILES string of the molecule is C=C/C=C\C=C.COC[C@@H]1CCCN1CCCN. The predicted molar refractivity (Wildman–Crippen MR) is 79.7 cm³/mol. The molecular formula is C15H28N2O. The summed E-state index contributed by atoms with van der Waals surface area (Å²) >= 11 is 0. The molecule has 1 rings (SSSR count). The van der Waals surface area contributed by atoms with Crippen molar-refractivity contribution in [2.75, 3.05) is 33.4 Å². The number of nitrogens with two attached hydrogens (primary N) is 1. The van der Waals surface area contributed by atoms with Crippen LogP contribution in [0.25, 0.3) is 0 Å². The largest absolute Gasteiger partial charge is 0.383 e. The van der Waals surface area contributed by atoms with Crippen molar-refractivity contribution in [3.8, 4) is 0 Å². The molecule has 0 aromatic carbocycles.